The molecule has 0 unspecified atom stereocenters. The van der Waals surface area contributed by atoms with Crippen molar-refractivity contribution in [3.8, 4) is 5.40 Å². The zero-order valence-electron chi connectivity index (χ0n) is 3.34. The fourth-order valence-electron chi connectivity index (χ4n) is 0.0731. The van der Waals surface area contributed by atoms with E-state index >= 15 is 0 Å². The van der Waals surface area contributed by atoms with Gasteiger partial charge in [0.25, 0.3) is 0 Å². The second-order valence-electron chi connectivity index (χ2n) is 0.660. The number of rotatable bonds is 1. The number of nitrogens with one attached hydrogen (secondary N) is 1. The van der Waals surface area contributed by atoms with Crippen molar-refractivity contribution < 1.29 is 4.79 Å². The van der Waals surface area contributed by atoms with Crippen molar-refractivity contribution in [1.29, 1.82) is 5.26 Å². The summed E-state index contributed by atoms with van der Waals surface area (Å²) >= 11 is 0.597. The van der Waals surface area contributed by atoms with Gasteiger partial charge in [-0.3, -0.25) is 4.72 Å². The van der Waals surface area contributed by atoms with E-state index in [0.29, 0.717) is 11.9 Å². The molecule has 0 spiro atoms. The Balaban J connectivity index is 3.02. The summed E-state index contributed by atoms with van der Waals surface area (Å²) in [4.78, 5) is 9.70. The lowest BCUT2D eigenvalue weighted by atomic mass is 11.2. The lowest BCUT2D eigenvalue weighted by Crippen LogP contribution is -2.22. The third-order valence-electron chi connectivity index (χ3n) is 0.197. The minimum Gasteiger partial charge on any atom is -0.351 e. The van der Waals surface area contributed by atoms with Crippen LogP contribution < -0.4 is 10.5 Å². The molecule has 0 bridgehead atoms. The molecule has 0 aromatic heterocycles. The molecule has 0 heterocycles. The molecule has 5 heteroatoms. The molecule has 0 aromatic rings. The lowest BCUT2D eigenvalue weighted by molar-refractivity contribution is 0.254. The lowest BCUT2D eigenvalue weighted by Gasteiger charge is -1.85. The molecule has 0 aliphatic rings. The number of hydrogen-bond acceptors (Lipinski definition) is 3. The van der Waals surface area contributed by atoms with Crippen molar-refractivity contribution in [2.75, 3.05) is 0 Å². The van der Waals surface area contributed by atoms with Crippen molar-refractivity contribution >= 4 is 18.0 Å². The maximum absolute atomic E-state index is 9.70. The van der Waals surface area contributed by atoms with Crippen LogP contribution in [-0.4, -0.2) is 6.03 Å². The van der Waals surface area contributed by atoms with Gasteiger partial charge >= 0.3 is 6.03 Å². The maximum Gasteiger partial charge on any atom is 0.322 e. The van der Waals surface area contributed by atoms with Crippen LogP contribution in [0.1, 0.15) is 0 Å². The van der Waals surface area contributed by atoms with Gasteiger partial charge in [0.05, 0.1) is 11.9 Å². The Kier molecular flexibility index (Phi) is 2.89. The quantitative estimate of drug-likeness (QED) is 0.368. The first-order chi connectivity index (χ1) is 3.27. The molecule has 0 atom stereocenters. The number of nitriles is 1. The van der Waals surface area contributed by atoms with E-state index in [1.54, 1.807) is 5.40 Å². The van der Waals surface area contributed by atoms with Crippen LogP contribution in [0.25, 0.3) is 0 Å². The van der Waals surface area contributed by atoms with Crippen molar-refractivity contribution in [3.05, 3.63) is 0 Å². The Bertz CT molecular complexity index is 106. The summed E-state index contributed by atoms with van der Waals surface area (Å²) in [6, 6.07) is -0.702. The van der Waals surface area contributed by atoms with Gasteiger partial charge in [-0.05, 0) is 0 Å². The minimum atomic E-state index is -0.702. The summed E-state index contributed by atoms with van der Waals surface area (Å²) < 4.78 is 1.99. The average molecular weight is 117 g/mol. The summed E-state index contributed by atoms with van der Waals surface area (Å²) in [5, 5.41) is 9.36. The SMILES string of the molecule is N#CSNC(N)=O. The van der Waals surface area contributed by atoms with Gasteiger partial charge in [0.2, 0.25) is 0 Å². The molecule has 0 aliphatic heterocycles. The fourth-order valence-corrected chi connectivity index (χ4v) is 0.219. The molecule has 4 nitrogen and oxygen atoms in total. The Morgan fingerprint density at radius 1 is 2.00 bits per heavy atom. The second-order valence-corrected chi connectivity index (χ2v) is 1.25. The van der Waals surface area contributed by atoms with Crippen LogP contribution in [0.5, 0.6) is 0 Å². The molecule has 0 aromatic carbocycles. The van der Waals surface area contributed by atoms with Gasteiger partial charge in [-0.2, -0.15) is 5.26 Å². The molecule has 0 aliphatic carbocycles. The Hall–Kier alpha value is -0.890. The van der Waals surface area contributed by atoms with Gasteiger partial charge in [0, 0.05) is 0 Å². The highest BCUT2D eigenvalue weighted by molar-refractivity contribution is 8.02. The first-order valence-electron chi connectivity index (χ1n) is 1.37. The smallest absolute Gasteiger partial charge is 0.322 e. The third kappa shape index (κ3) is 5.11. The van der Waals surface area contributed by atoms with Crippen molar-refractivity contribution in [1.82, 2.24) is 4.72 Å². The van der Waals surface area contributed by atoms with E-state index in [1.165, 1.54) is 0 Å². The topological polar surface area (TPSA) is 78.9 Å². The molecule has 0 saturated heterocycles. The second kappa shape index (κ2) is 3.31. The molecule has 2 amide bonds. The van der Waals surface area contributed by atoms with Crippen molar-refractivity contribution in [2.45, 2.75) is 0 Å². The van der Waals surface area contributed by atoms with E-state index < -0.39 is 6.03 Å². The highest BCUT2D eigenvalue weighted by Crippen LogP contribution is 1.82. The van der Waals surface area contributed by atoms with Gasteiger partial charge in [-0.1, -0.05) is 0 Å². The Morgan fingerprint density at radius 2 is 2.57 bits per heavy atom. The standard InChI is InChI=1S/C2H3N3OS/c3-1-7-5-2(4)6/h(H3,4,5,6). The monoisotopic (exact) mass is 117 g/mol. The Morgan fingerprint density at radius 3 is 2.71 bits per heavy atom. The number of hydrogen-bond donors (Lipinski definition) is 2. The van der Waals surface area contributed by atoms with Crippen LogP contribution >= 0.6 is 11.9 Å². The number of primary amides is 1. The first kappa shape index (κ1) is 6.11. The first-order valence-corrected chi connectivity index (χ1v) is 2.19. The number of amides is 2. The van der Waals surface area contributed by atoms with Gasteiger partial charge in [-0.25, -0.2) is 4.79 Å². The van der Waals surface area contributed by atoms with Gasteiger partial charge in [0.15, 0.2) is 5.40 Å². The fraction of sp³-hybridized carbons (Fsp3) is 0. The molecule has 0 radical (unpaired) electrons. The van der Waals surface area contributed by atoms with E-state index in [4.69, 9.17) is 5.26 Å². The molecular weight excluding hydrogens is 114 g/mol. The highest BCUT2D eigenvalue weighted by atomic mass is 32.2. The number of urea groups is 1. The van der Waals surface area contributed by atoms with E-state index in [2.05, 4.69) is 5.73 Å². The van der Waals surface area contributed by atoms with Crippen molar-refractivity contribution in [3.63, 3.8) is 0 Å². The summed E-state index contributed by atoms with van der Waals surface area (Å²) in [5.41, 5.74) is 4.56. The summed E-state index contributed by atoms with van der Waals surface area (Å²) in [6.07, 6.45) is 0. The number of carbonyl (C=O) groups excluding carboxylic acids is 1. The number of carbonyl (C=O) groups is 1. The van der Waals surface area contributed by atoms with Gasteiger partial charge in [0.1, 0.15) is 0 Å². The van der Waals surface area contributed by atoms with E-state index in [9.17, 15) is 4.79 Å². The zero-order chi connectivity index (χ0) is 5.70. The molecule has 7 heavy (non-hydrogen) atoms. The predicted octanol–water partition coefficient (Wildman–Crippen LogP) is -0.216. The minimum absolute atomic E-state index is 0.597. The Labute approximate surface area is 44.8 Å². The number of nitrogens with zero attached hydrogens (tertiary/aromatic N) is 1. The van der Waals surface area contributed by atoms with Gasteiger partial charge in [-0.15, -0.1) is 0 Å². The summed E-state index contributed by atoms with van der Waals surface area (Å²) in [7, 11) is 0. The molecule has 38 valence electrons. The average Bonchev–Trinajstić information content (AvgIpc) is 1.61. The molecular formula is C2H3N3OS. The predicted molar refractivity (Wildman–Crippen MR) is 25.9 cm³/mol. The summed E-state index contributed by atoms with van der Waals surface area (Å²) in [6.45, 7) is 0. The zero-order valence-corrected chi connectivity index (χ0v) is 4.16. The molecule has 0 saturated carbocycles. The number of nitrogens with two attached hydrogens (primary N) is 1. The van der Waals surface area contributed by atoms with E-state index in [1.807, 2.05) is 4.72 Å². The molecule has 0 fully saturated rings. The normalized spacial score (nSPS) is 6.71. The third-order valence-corrected chi connectivity index (χ3v) is 0.592. The molecule has 3 N–H and O–H groups in total. The maximum atomic E-state index is 9.70. The van der Waals surface area contributed by atoms with Crippen LogP contribution in [0.2, 0.25) is 0 Å². The van der Waals surface area contributed by atoms with Crippen LogP contribution in [0.15, 0.2) is 0 Å². The van der Waals surface area contributed by atoms with Crippen LogP contribution in [-0.2, 0) is 0 Å². The van der Waals surface area contributed by atoms with Crippen LogP contribution in [0.4, 0.5) is 4.79 Å². The highest BCUT2D eigenvalue weighted by Gasteiger charge is 1.84. The van der Waals surface area contributed by atoms with Crippen LogP contribution in [0.3, 0.4) is 0 Å². The summed E-state index contributed by atoms with van der Waals surface area (Å²) in [5.74, 6) is 0. The largest absolute Gasteiger partial charge is 0.351 e. The molecule has 0 rings (SSSR count). The number of thiocyanates is 1. The van der Waals surface area contributed by atoms with Gasteiger partial charge < -0.3 is 5.73 Å². The van der Waals surface area contributed by atoms with Crippen molar-refractivity contribution in [2.24, 2.45) is 5.73 Å². The van der Waals surface area contributed by atoms with Crippen LogP contribution in [0, 0.1) is 10.7 Å². The van der Waals surface area contributed by atoms with E-state index in [0.717, 1.165) is 0 Å². The van der Waals surface area contributed by atoms with E-state index in [-0.39, 0.29) is 0 Å².